The van der Waals surface area contributed by atoms with Gasteiger partial charge in [0.1, 0.15) is 11.7 Å². The fourth-order valence-electron chi connectivity index (χ4n) is 7.15. The molecule has 0 heterocycles. The Kier molecular flexibility index (Phi) is 5.63. The van der Waals surface area contributed by atoms with Crippen molar-refractivity contribution in [1.82, 2.24) is 0 Å². The van der Waals surface area contributed by atoms with Gasteiger partial charge in [0.25, 0.3) is 10.1 Å². The maximum absolute atomic E-state index is 12.2. The molecule has 0 amide bonds. The summed E-state index contributed by atoms with van der Waals surface area (Å²) in [7, 11) is -3.81. The third kappa shape index (κ3) is 3.47. The Morgan fingerprint density at radius 1 is 1.32 bits per heavy atom. The quantitative estimate of drug-likeness (QED) is 0.386. The molecule has 3 fully saturated rings. The summed E-state index contributed by atoms with van der Waals surface area (Å²) in [6.07, 6.45) is 10.7. The lowest BCUT2D eigenvalue weighted by Gasteiger charge is -2.59. The van der Waals surface area contributed by atoms with Gasteiger partial charge in [0.15, 0.2) is 5.78 Å². The zero-order valence-corrected chi connectivity index (χ0v) is 19.7. The van der Waals surface area contributed by atoms with Gasteiger partial charge >= 0.3 is 0 Å². The first-order chi connectivity index (χ1) is 14.5. The Bertz CT molecular complexity index is 1030. The van der Waals surface area contributed by atoms with E-state index in [2.05, 4.69) is 17.8 Å². The zero-order chi connectivity index (χ0) is 22.8. The molecule has 1 N–H and O–H groups in total. The van der Waals surface area contributed by atoms with Crippen LogP contribution in [0.5, 0.6) is 0 Å². The average Bonchev–Trinajstić information content (AvgIpc) is 2.94. The largest absolute Gasteiger partial charge is 0.377 e. The summed E-state index contributed by atoms with van der Waals surface area (Å²) in [6, 6.07) is 0. The number of ketones is 1. The smallest absolute Gasteiger partial charge is 0.264 e. The molecule has 0 bridgehead atoms. The molecule has 9 atom stereocenters. The molecular formula is C24H29ClO5S. The second kappa shape index (κ2) is 7.63. The van der Waals surface area contributed by atoms with E-state index in [1.165, 1.54) is 0 Å². The van der Waals surface area contributed by atoms with E-state index in [0.717, 1.165) is 11.8 Å². The fraction of sp³-hybridized carbons (Fsp3) is 0.708. The van der Waals surface area contributed by atoms with Crippen LogP contribution in [0.2, 0.25) is 0 Å². The van der Waals surface area contributed by atoms with Crippen LogP contribution in [0.3, 0.4) is 0 Å². The fourth-order valence-corrected chi connectivity index (χ4v) is 8.30. The van der Waals surface area contributed by atoms with Crippen LogP contribution < -0.4 is 0 Å². The Balaban J connectivity index is 1.89. The van der Waals surface area contributed by atoms with Crippen molar-refractivity contribution < 1.29 is 22.5 Å². The van der Waals surface area contributed by atoms with Crippen LogP contribution in [0.4, 0.5) is 0 Å². The lowest BCUT2D eigenvalue weighted by molar-refractivity contribution is -0.128. The Morgan fingerprint density at radius 2 is 2.03 bits per heavy atom. The van der Waals surface area contributed by atoms with Crippen LogP contribution in [0.15, 0.2) is 11.6 Å². The number of halogens is 1. The predicted molar refractivity (Wildman–Crippen MR) is 118 cm³/mol. The molecule has 0 aromatic carbocycles. The van der Waals surface area contributed by atoms with Gasteiger partial charge in [-0.3, -0.25) is 8.98 Å². The molecule has 0 saturated heterocycles. The number of carbonyl (C=O) groups is 1. The van der Waals surface area contributed by atoms with Crippen molar-refractivity contribution >= 4 is 27.5 Å². The van der Waals surface area contributed by atoms with Gasteiger partial charge in [-0.15, -0.1) is 29.9 Å². The number of alkyl halides is 1. The van der Waals surface area contributed by atoms with Gasteiger partial charge < -0.3 is 5.11 Å². The third-order valence-electron chi connectivity index (χ3n) is 8.34. The molecule has 0 aliphatic heterocycles. The van der Waals surface area contributed by atoms with E-state index in [0.29, 0.717) is 32.1 Å². The topological polar surface area (TPSA) is 80.7 Å². The summed E-state index contributed by atoms with van der Waals surface area (Å²) < 4.78 is 30.1. The number of terminal acetylenes is 1. The normalized spacial score (nSPS) is 46.5. The second-order valence-corrected chi connectivity index (χ2v) is 11.9. The highest BCUT2D eigenvalue weighted by Crippen LogP contribution is 2.67. The lowest BCUT2D eigenvalue weighted by Crippen LogP contribution is -2.61. The van der Waals surface area contributed by atoms with Crippen molar-refractivity contribution in [2.45, 2.75) is 63.0 Å². The molecule has 0 unspecified atom stereocenters. The first-order valence-corrected chi connectivity index (χ1v) is 13.1. The summed E-state index contributed by atoms with van der Waals surface area (Å²) in [5.74, 6) is 8.31. The Morgan fingerprint density at radius 3 is 2.65 bits per heavy atom. The van der Waals surface area contributed by atoms with Crippen LogP contribution in [0.1, 0.15) is 46.0 Å². The molecule has 4 rings (SSSR count). The second-order valence-electron chi connectivity index (χ2n) is 9.85. The zero-order valence-electron chi connectivity index (χ0n) is 18.1. The van der Waals surface area contributed by atoms with Crippen LogP contribution >= 0.6 is 11.6 Å². The van der Waals surface area contributed by atoms with E-state index in [9.17, 15) is 18.3 Å². The van der Waals surface area contributed by atoms with Crippen LogP contribution in [0, 0.1) is 59.2 Å². The average molecular weight is 465 g/mol. The summed E-state index contributed by atoms with van der Waals surface area (Å²) in [6.45, 7) is 3.73. The molecule has 0 radical (unpaired) electrons. The molecule has 0 spiro atoms. The summed E-state index contributed by atoms with van der Waals surface area (Å²) >= 11 is 6.85. The molecule has 4 aliphatic rings. The number of hydrogen-bond donors (Lipinski definition) is 1. The minimum absolute atomic E-state index is 0.000164. The molecule has 168 valence electrons. The Hall–Kier alpha value is -1.31. The molecule has 0 aromatic rings. The predicted octanol–water partition coefficient (Wildman–Crippen LogP) is 2.91. The van der Waals surface area contributed by atoms with E-state index in [1.807, 2.05) is 6.92 Å². The maximum Gasteiger partial charge on any atom is 0.264 e. The van der Waals surface area contributed by atoms with Crippen molar-refractivity contribution in [1.29, 1.82) is 0 Å². The monoisotopic (exact) mass is 464 g/mol. The molecule has 0 aromatic heterocycles. The highest BCUT2D eigenvalue weighted by Gasteiger charge is 2.67. The number of fused-ring (bicyclic) bond motifs is 5. The van der Waals surface area contributed by atoms with Gasteiger partial charge in [0.2, 0.25) is 0 Å². The van der Waals surface area contributed by atoms with Crippen LogP contribution in [-0.4, -0.2) is 42.6 Å². The Labute approximate surface area is 190 Å². The van der Waals surface area contributed by atoms with Crippen molar-refractivity contribution in [3.8, 4) is 24.2 Å². The van der Waals surface area contributed by atoms with Crippen molar-refractivity contribution in [3.05, 3.63) is 11.6 Å². The molecule has 31 heavy (non-hydrogen) atoms. The van der Waals surface area contributed by atoms with Gasteiger partial charge in [0, 0.05) is 17.8 Å². The van der Waals surface area contributed by atoms with Crippen LogP contribution in [-0.2, 0) is 19.1 Å². The molecule has 5 nitrogen and oxygen atoms in total. The lowest BCUT2D eigenvalue weighted by atomic mass is 9.47. The summed E-state index contributed by atoms with van der Waals surface area (Å²) in [5.41, 5.74) is -1.05. The number of aliphatic hydroxyl groups is 1. The first kappa shape index (κ1) is 22.9. The van der Waals surface area contributed by atoms with Crippen LogP contribution in [0.25, 0.3) is 0 Å². The van der Waals surface area contributed by atoms with Gasteiger partial charge in [-0.1, -0.05) is 12.8 Å². The van der Waals surface area contributed by atoms with Gasteiger partial charge in [-0.2, -0.15) is 8.42 Å². The molecule has 7 heteroatoms. The van der Waals surface area contributed by atoms with Gasteiger partial charge in [-0.25, -0.2) is 0 Å². The SMILES string of the molecule is C#C[C@H]1C[C@@]2(C)[C@@H](CC[C@@]2(O)C#CC)[C@@H]2[C@H](OS(C)(=O)=O)[C@@H](Cl)C3=CC(=O)CC[C@@H]3[C@H]21. The van der Waals surface area contributed by atoms with E-state index < -0.39 is 32.6 Å². The van der Waals surface area contributed by atoms with E-state index in [4.69, 9.17) is 22.2 Å². The highest BCUT2D eigenvalue weighted by atomic mass is 35.5. The molecule has 3 saturated carbocycles. The van der Waals surface area contributed by atoms with Crippen molar-refractivity contribution in [2.75, 3.05) is 6.26 Å². The summed E-state index contributed by atoms with van der Waals surface area (Å²) in [5, 5.41) is 10.8. The van der Waals surface area contributed by atoms with Gasteiger partial charge in [-0.05, 0) is 67.9 Å². The number of carbonyl (C=O) groups excluding carboxylic acids is 1. The number of rotatable bonds is 2. The van der Waals surface area contributed by atoms with Gasteiger partial charge in [0.05, 0.1) is 11.6 Å². The third-order valence-corrected chi connectivity index (χ3v) is 9.41. The van der Waals surface area contributed by atoms with E-state index in [1.54, 1.807) is 13.0 Å². The number of hydrogen-bond acceptors (Lipinski definition) is 5. The first-order valence-electron chi connectivity index (χ1n) is 10.8. The van der Waals surface area contributed by atoms with Crippen molar-refractivity contribution in [2.24, 2.45) is 35.0 Å². The maximum atomic E-state index is 12.2. The standard InChI is InChI=1S/C24H29ClO5S/c1-5-10-24(27)11-9-18-20-19(14(6-2)13-23(18,24)3)16-8-7-15(26)12-17(16)21(25)22(20)30-31(4,28)29/h2,12,14,16,18-22,27H,7-9,11,13H2,1,3-4H3/t14-,16-,18-,19+,20-,21-,22-,23-,24-/m0/s1. The molecular weight excluding hydrogens is 436 g/mol. The minimum Gasteiger partial charge on any atom is -0.377 e. The minimum atomic E-state index is -3.81. The van der Waals surface area contributed by atoms with E-state index in [-0.39, 0.29) is 35.4 Å². The summed E-state index contributed by atoms with van der Waals surface area (Å²) in [4.78, 5) is 12.2. The van der Waals surface area contributed by atoms with Crippen molar-refractivity contribution in [3.63, 3.8) is 0 Å². The van der Waals surface area contributed by atoms with E-state index >= 15 is 0 Å². The molecule has 4 aliphatic carbocycles. The highest BCUT2D eigenvalue weighted by molar-refractivity contribution is 7.86.